The van der Waals surface area contributed by atoms with Gasteiger partial charge in [0.1, 0.15) is 10.7 Å². The molecule has 0 saturated carbocycles. The van der Waals surface area contributed by atoms with Crippen LogP contribution in [0, 0.1) is 5.41 Å². The molecule has 0 aromatic carbocycles. The molecule has 2 heterocycles. The number of thiazole rings is 1. The minimum Gasteiger partial charge on any atom is -0.383 e. The first kappa shape index (κ1) is 16.0. The van der Waals surface area contributed by atoms with E-state index in [0.29, 0.717) is 29.0 Å². The first-order chi connectivity index (χ1) is 9.93. The van der Waals surface area contributed by atoms with Crippen LogP contribution in [0.5, 0.6) is 0 Å². The van der Waals surface area contributed by atoms with Gasteiger partial charge in [0.15, 0.2) is 5.13 Å². The molecule has 6 nitrogen and oxygen atoms in total. The Bertz CT molecular complexity index is 501. The molecule has 1 aliphatic heterocycles. The van der Waals surface area contributed by atoms with E-state index in [2.05, 4.69) is 24.1 Å². The van der Waals surface area contributed by atoms with Gasteiger partial charge in [0.25, 0.3) is 5.91 Å². The van der Waals surface area contributed by atoms with Gasteiger partial charge in [0.2, 0.25) is 0 Å². The Morgan fingerprint density at radius 1 is 1.57 bits per heavy atom. The number of nitrogens with two attached hydrogens (primary N) is 1. The van der Waals surface area contributed by atoms with Crippen LogP contribution in [0.15, 0.2) is 0 Å². The largest absolute Gasteiger partial charge is 0.383 e. The summed E-state index contributed by atoms with van der Waals surface area (Å²) in [4.78, 5) is 19.3. The van der Waals surface area contributed by atoms with Crippen molar-refractivity contribution in [2.24, 2.45) is 5.41 Å². The third-order valence-corrected chi connectivity index (χ3v) is 4.63. The molecule has 1 aromatic heterocycles. The van der Waals surface area contributed by atoms with E-state index in [4.69, 9.17) is 10.5 Å². The lowest BCUT2D eigenvalue weighted by atomic mass is 9.84. The van der Waals surface area contributed by atoms with Gasteiger partial charge in [-0.3, -0.25) is 4.79 Å². The molecule has 0 unspecified atom stereocenters. The molecule has 0 radical (unpaired) electrons. The highest BCUT2D eigenvalue weighted by molar-refractivity contribution is 7.18. The van der Waals surface area contributed by atoms with Crippen molar-refractivity contribution in [1.29, 1.82) is 0 Å². The Labute approximate surface area is 129 Å². The zero-order chi connectivity index (χ0) is 15.5. The second kappa shape index (κ2) is 6.62. The monoisotopic (exact) mass is 312 g/mol. The van der Waals surface area contributed by atoms with Crippen molar-refractivity contribution >= 4 is 28.2 Å². The van der Waals surface area contributed by atoms with E-state index in [1.54, 1.807) is 7.11 Å². The molecule has 1 saturated heterocycles. The van der Waals surface area contributed by atoms with Crippen LogP contribution < -0.4 is 11.1 Å². The first-order valence-electron chi connectivity index (χ1n) is 7.21. The number of nitrogens with zero attached hydrogens (tertiary/aromatic N) is 2. The van der Waals surface area contributed by atoms with E-state index in [9.17, 15) is 4.79 Å². The molecule has 0 aliphatic carbocycles. The smallest absolute Gasteiger partial charge is 0.267 e. The summed E-state index contributed by atoms with van der Waals surface area (Å²) >= 11 is 1.32. The average molecular weight is 312 g/mol. The highest BCUT2D eigenvalue weighted by atomic mass is 32.1. The molecule has 7 heteroatoms. The number of rotatable bonds is 5. The Hall–Kier alpha value is -1.34. The van der Waals surface area contributed by atoms with Crippen LogP contribution in [0.2, 0.25) is 0 Å². The zero-order valence-corrected chi connectivity index (χ0v) is 13.8. The fraction of sp³-hybridized carbons (Fsp3) is 0.714. The lowest BCUT2D eigenvalue weighted by molar-refractivity contribution is 0.0589. The first-order valence-corrected chi connectivity index (χ1v) is 8.03. The molecule has 2 rings (SSSR count). The quantitative estimate of drug-likeness (QED) is 0.813. The predicted octanol–water partition coefficient (Wildman–Crippen LogP) is 2.05. The van der Waals surface area contributed by atoms with Crippen molar-refractivity contribution in [2.45, 2.75) is 26.7 Å². The molecule has 1 fully saturated rings. The number of likely N-dealkylation sites (tertiary alicyclic amines) is 1. The fourth-order valence-electron chi connectivity index (χ4n) is 2.56. The van der Waals surface area contributed by atoms with E-state index in [1.807, 2.05) is 4.90 Å². The van der Waals surface area contributed by atoms with Crippen molar-refractivity contribution in [2.75, 3.05) is 44.4 Å². The Morgan fingerprint density at radius 2 is 2.33 bits per heavy atom. The normalized spacial score (nSPS) is 17.8. The van der Waals surface area contributed by atoms with Crippen LogP contribution >= 0.6 is 11.3 Å². The number of carbonyl (C=O) groups excluding carboxylic acids is 1. The number of piperidine rings is 1. The van der Waals surface area contributed by atoms with E-state index < -0.39 is 0 Å². The van der Waals surface area contributed by atoms with Gasteiger partial charge in [-0.1, -0.05) is 25.2 Å². The van der Waals surface area contributed by atoms with Gasteiger partial charge in [-0.2, -0.15) is 0 Å². The van der Waals surface area contributed by atoms with Crippen molar-refractivity contribution in [3.05, 3.63) is 4.88 Å². The summed E-state index contributed by atoms with van der Waals surface area (Å²) in [5.74, 6) is 0.311. The molecular weight excluding hydrogens is 288 g/mol. The maximum absolute atomic E-state index is 12.6. The molecule has 0 spiro atoms. The van der Waals surface area contributed by atoms with Gasteiger partial charge in [-0.25, -0.2) is 4.98 Å². The average Bonchev–Trinajstić information content (AvgIpc) is 2.78. The number of hydrogen-bond donors (Lipinski definition) is 2. The molecular formula is C14H24N4O2S. The van der Waals surface area contributed by atoms with Crippen LogP contribution in [-0.4, -0.2) is 49.1 Å². The SMILES string of the molecule is COCCNc1nc(N)c(C(=O)N2CCCC(C)(C)C2)s1. The number of methoxy groups -OCH3 is 1. The number of nitrogen functional groups attached to an aromatic ring is 1. The van der Waals surface area contributed by atoms with Crippen LogP contribution in [0.1, 0.15) is 36.4 Å². The molecule has 1 aromatic rings. The van der Waals surface area contributed by atoms with E-state index in [0.717, 1.165) is 25.9 Å². The number of aromatic nitrogens is 1. The molecule has 3 N–H and O–H groups in total. The highest BCUT2D eigenvalue weighted by Crippen LogP contribution is 2.32. The van der Waals surface area contributed by atoms with Gasteiger partial charge < -0.3 is 20.7 Å². The maximum atomic E-state index is 12.6. The molecule has 118 valence electrons. The number of anilines is 2. The van der Waals surface area contributed by atoms with Crippen LogP contribution in [-0.2, 0) is 4.74 Å². The third-order valence-electron chi connectivity index (χ3n) is 3.62. The third kappa shape index (κ3) is 4.07. The standard InChI is InChI=1S/C14H24N4O2S/c1-14(2)5-4-7-18(9-14)12(19)10-11(15)17-13(21-10)16-6-8-20-3/h4-9,15H2,1-3H3,(H,16,17). The van der Waals surface area contributed by atoms with Crippen LogP contribution in [0.25, 0.3) is 0 Å². The lowest BCUT2D eigenvalue weighted by Gasteiger charge is -2.37. The minimum atomic E-state index is -0.00225. The second-order valence-corrected chi connectivity index (χ2v) is 7.15. The predicted molar refractivity (Wildman–Crippen MR) is 85.8 cm³/mol. The van der Waals surface area contributed by atoms with E-state index in [1.165, 1.54) is 11.3 Å². The number of carbonyl (C=O) groups is 1. The van der Waals surface area contributed by atoms with Gasteiger partial charge in [0, 0.05) is 26.7 Å². The Morgan fingerprint density at radius 3 is 3.00 bits per heavy atom. The second-order valence-electron chi connectivity index (χ2n) is 6.15. The van der Waals surface area contributed by atoms with Gasteiger partial charge in [-0.15, -0.1) is 0 Å². The van der Waals surface area contributed by atoms with Crippen LogP contribution in [0.3, 0.4) is 0 Å². The summed E-state index contributed by atoms with van der Waals surface area (Å²) in [6, 6.07) is 0. The molecule has 1 amide bonds. The van der Waals surface area contributed by atoms with E-state index in [-0.39, 0.29) is 11.3 Å². The maximum Gasteiger partial charge on any atom is 0.267 e. The molecule has 0 bridgehead atoms. The van der Waals surface area contributed by atoms with Crippen LogP contribution in [0.4, 0.5) is 10.9 Å². The number of amides is 1. The topological polar surface area (TPSA) is 80.5 Å². The summed E-state index contributed by atoms with van der Waals surface area (Å²) in [5, 5.41) is 3.78. The number of nitrogens with one attached hydrogen (secondary N) is 1. The van der Waals surface area contributed by atoms with Crippen molar-refractivity contribution in [3.8, 4) is 0 Å². The summed E-state index contributed by atoms with van der Waals surface area (Å²) < 4.78 is 4.97. The summed E-state index contributed by atoms with van der Waals surface area (Å²) in [6.45, 7) is 7.19. The molecule has 1 aliphatic rings. The minimum absolute atomic E-state index is 0.00225. The summed E-state index contributed by atoms with van der Waals surface area (Å²) in [6.07, 6.45) is 2.19. The number of ether oxygens (including phenoxy) is 1. The van der Waals surface area contributed by atoms with Crippen molar-refractivity contribution in [3.63, 3.8) is 0 Å². The Balaban J connectivity index is 2.05. The number of hydrogen-bond acceptors (Lipinski definition) is 6. The van der Waals surface area contributed by atoms with Gasteiger partial charge in [-0.05, 0) is 18.3 Å². The lowest BCUT2D eigenvalue weighted by Crippen LogP contribution is -2.43. The van der Waals surface area contributed by atoms with Gasteiger partial charge >= 0.3 is 0 Å². The van der Waals surface area contributed by atoms with Crippen molar-refractivity contribution < 1.29 is 9.53 Å². The molecule has 0 atom stereocenters. The van der Waals surface area contributed by atoms with Gasteiger partial charge in [0.05, 0.1) is 6.61 Å². The zero-order valence-electron chi connectivity index (χ0n) is 12.9. The highest BCUT2D eigenvalue weighted by Gasteiger charge is 2.31. The summed E-state index contributed by atoms with van der Waals surface area (Å²) in [5.41, 5.74) is 6.07. The Kier molecular flexibility index (Phi) is 5.05. The van der Waals surface area contributed by atoms with E-state index >= 15 is 0 Å². The molecule has 21 heavy (non-hydrogen) atoms. The van der Waals surface area contributed by atoms with Crippen molar-refractivity contribution in [1.82, 2.24) is 9.88 Å². The summed E-state index contributed by atoms with van der Waals surface area (Å²) in [7, 11) is 1.64. The fourth-order valence-corrected chi connectivity index (χ4v) is 3.44.